The second kappa shape index (κ2) is 10.0. The Kier molecular flexibility index (Phi) is 6.87. The van der Waals surface area contributed by atoms with Gasteiger partial charge in [-0.05, 0) is 49.1 Å². The molecule has 2 aliphatic rings. The standard InChI is InChI=1S/C24H24FN5O5/c1-14-2-7-17(30-24(35)29(8-9-31)22(33)13-27-30)10-20(14)28-23(34)19-12-26-21(32)11-18(19)15-3-5-16(25)6-4-15/h2-3,5-7,10,12-13,15,18,31H,4,8-9,11H2,1H3,(H,26,32)(H,28,34). The second-order valence-electron chi connectivity index (χ2n) is 8.33. The number of carbonyl (C=O) groups is 2. The highest BCUT2D eigenvalue weighted by Crippen LogP contribution is 2.34. The number of amides is 2. The number of aliphatic hydroxyl groups is 1. The van der Waals surface area contributed by atoms with Crippen molar-refractivity contribution in [2.45, 2.75) is 26.3 Å². The maximum Gasteiger partial charge on any atom is 0.352 e. The minimum absolute atomic E-state index is 0.0917. The highest BCUT2D eigenvalue weighted by molar-refractivity contribution is 6.06. The minimum Gasteiger partial charge on any atom is -0.395 e. The molecule has 2 atom stereocenters. The maximum atomic E-state index is 13.4. The zero-order valence-corrected chi connectivity index (χ0v) is 18.9. The van der Waals surface area contributed by atoms with Crippen LogP contribution in [0.15, 0.2) is 69.8 Å². The summed E-state index contributed by atoms with van der Waals surface area (Å²) >= 11 is 0. The van der Waals surface area contributed by atoms with Crippen LogP contribution in [0.5, 0.6) is 0 Å². The number of nitrogens with zero attached hydrogens (tertiary/aromatic N) is 3. The summed E-state index contributed by atoms with van der Waals surface area (Å²) in [6.45, 7) is 1.21. The Morgan fingerprint density at radius 1 is 1.31 bits per heavy atom. The van der Waals surface area contributed by atoms with Gasteiger partial charge in [-0.2, -0.15) is 9.78 Å². The average molecular weight is 481 g/mol. The molecule has 1 aromatic carbocycles. The van der Waals surface area contributed by atoms with Crippen LogP contribution in [0.2, 0.25) is 0 Å². The Balaban J connectivity index is 1.63. The van der Waals surface area contributed by atoms with E-state index in [1.807, 2.05) is 0 Å². The molecule has 1 aromatic heterocycles. The lowest BCUT2D eigenvalue weighted by molar-refractivity contribution is -0.122. The lowest BCUT2D eigenvalue weighted by Crippen LogP contribution is -2.40. The van der Waals surface area contributed by atoms with Gasteiger partial charge in [-0.3, -0.25) is 19.0 Å². The number of aromatic nitrogens is 3. The molecule has 4 rings (SSSR count). The number of allylic oxidation sites excluding steroid dienone is 4. The SMILES string of the molecule is Cc1ccc(-n2ncc(=O)n(CCO)c2=O)cc1NC(=O)C1=CNC(=O)CC1C1C=CC(F)=CC1. The molecule has 0 saturated carbocycles. The largest absolute Gasteiger partial charge is 0.395 e. The van der Waals surface area contributed by atoms with Crippen LogP contribution in [0, 0.1) is 18.8 Å². The lowest BCUT2D eigenvalue weighted by atomic mass is 9.78. The molecule has 0 spiro atoms. The van der Waals surface area contributed by atoms with Gasteiger partial charge in [-0.1, -0.05) is 12.1 Å². The molecule has 0 radical (unpaired) electrons. The van der Waals surface area contributed by atoms with Gasteiger partial charge in [0.2, 0.25) is 5.91 Å². The molecule has 2 aromatic rings. The Morgan fingerprint density at radius 2 is 2.11 bits per heavy atom. The van der Waals surface area contributed by atoms with E-state index >= 15 is 0 Å². The average Bonchev–Trinajstić information content (AvgIpc) is 2.84. The van der Waals surface area contributed by atoms with Crippen molar-refractivity contribution in [3.8, 4) is 5.69 Å². The van der Waals surface area contributed by atoms with E-state index in [2.05, 4.69) is 15.7 Å². The van der Waals surface area contributed by atoms with Gasteiger partial charge in [-0.25, -0.2) is 9.18 Å². The number of halogens is 1. The van der Waals surface area contributed by atoms with Crippen LogP contribution < -0.4 is 21.9 Å². The van der Waals surface area contributed by atoms with Gasteiger partial charge < -0.3 is 15.7 Å². The van der Waals surface area contributed by atoms with Crippen LogP contribution in [0.1, 0.15) is 18.4 Å². The van der Waals surface area contributed by atoms with Crippen molar-refractivity contribution in [2.24, 2.45) is 11.8 Å². The van der Waals surface area contributed by atoms with Crippen molar-refractivity contribution in [3.05, 3.63) is 86.6 Å². The summed E-state index contributed by atoms with van der Waals surface area (Å²) in [5.41, 5.74) is 0.410. The topological polar surface area (TPSA) is 135 Å². The van der Waals surface area contributed by atoms with Crippen LogP contribution in [-0.4, -0.2) is 37.9 Å². The molecular formula is C24H24FN5O5. The van der Waals surface area contributed by atoms with Crippen molar-refractivity contribution in [2.75, 3.05) is 11.9 Å². The van der Waals surface area contributed by atoms with E-state index in [0.717, 1.165) is 15.4 Å². The van der Waals surface area contributed by atoms with Crippen LogP contribution in [0.4, 0.5) is 10.1 Å². The maximum absolute atomic E-state index is 13.4. The highest BCUT2D eigenvalue weighted by Gasteiger charge is 2.33. The first kappa shape index (κ1) is 24.0. The van der Waals surface area contributed by atoms with Crippen molar-refractivity contribution < 1.29 is 19.1 Å². The fourth-order valence-corrected chi connectivity index (χ4v) is 4.15. The Morgan fingerprint density at radius 3 is 2.83 bits per heavy atom. The summed E-state index contributed by atoms with van der Waals surface area (Å²) in [4.78, 5) is 49.9. The summed E-state index contributed by atoms with van der Waals surface area (Å²) in [6, 6.07) is 4.85. The molecule has 2 heterocycles. The zero-order valence-electron chi connectivity index (χ0n) is 18.9. The molecule has 0 fully saturated rings. The third-order valence-corrected chi connectivity index (χ3v) is 6.06. The van der Waals surface area contributed by atoms with Gasteiger partial charge in [0.15, 0.2) is 0 Å². The van der Waals surface area contributed by atoms with E-state index in [1.165, 1.54) is 18.4 Å². The van der Waals surface area contributed by atoms with Gasteiger partial charge >= 0.3 is 5.69 Å². The van der Waals surface area contributed by atoms with Crippen LogP contribution in [0.3, 0.4) is 0 Å². The minimum atomic E-state index is -0.727. The van der Waals surface area contributed by atoms with E-state index in [1.54, 1.807) is 31.2 Å². The zero-order chi connectivity index (χ0) is 25.1. The summed E-state index contributed by atoms with van der Waals surface area (Å²) in [5, 5.41) is 18.4. The molecule has 3 N–H and O–H groups in total. The van der Waals surface area contributed by atoms with Crippen LogP contribution >= 0.6 is 0 Å². The Labute approximate surface area is 199 Å². The van der Waals surface area contributed by atoms with E-state index in [0.29, 0.717) is 28.9 Å². The predicted octanol–water partition coefficient (Wildman–Crippen LogP) is 1.08. The van der Waals surface area contributed by atoms with Gasteiger partial charge in [-0.15, -0.1) is 0 Å². The summed E-state index contributed by atoms with van der Waals surface area (Å²) in [7, 11) is 0. The number of hydrogen-bond donors (Lipinski definition) is 3. The smallest absolute Gasteiger partial charge is 0.352 e. The molecule has 2 amide bonds. The monoisotopic (exact) mass is 481 g/mol. The third-order valence-electron chi connectivity index (χ3n) is 6.06. The van der Waals surface area contributed by atoms with Crippen molar-refractivity contribution in [1.82, 2.24) is 19.7 Å². The first-order valence-corrected chi connectivity index (χ1v) is 11.0. The molecule has 35 heavy (non-hydrogen) atoms. The fraction of sp³-hybridized carbons (Fsp3) is 0.292. The van der Waals surface area contributed by atoms with E-state index < -0.39 is 23.1 Å². The highest BCUT2D eigenvalue weighted by atomic mass is 19.1. The van der Waals surface area contributed by atoms with Gasteiger partial charge in [0.25, 0.3) is 11.5 Å². The van der Waals surface area contributed by atoms with Crippen molar-refractivity contribution >= 4 is 17.5 Å². The van der Waals surface area contributed by atoms with Crippen LogP contribution in [-0.2, 0) is 16.1 Å². The molecule has 0 bridgehead atoms. The first-order chi connectivity index (χ1) is 16.8. The normalized spacial score (nSPS) is 19.6. The molecule has 182 valence electrons. The molecule has 1 aliphatic carbocycles. The summed E-state index contributed by atoms with van der Waals surface area (Å²) in [6.07, 6.45) is 7.26. The van der Waals surface area contributed by atoms with E-state index in [9.17, 15) is 23.6 Å². The number of aryl methyl sites for hydroxylation is 1. The summed E-state index contributed by atoms with van der Waals surface area (Å²) in [5.74, 6) is -1.65. The number of nitrogens with one attached hydrogen (secondary N) is 2. The molecular weight excluding hydrogens is 457 g/mol. The molecule has 11 heteroatoms. The first-order valence-electron chi connectivity index (χ1n) is 11.0. The number of carbonyl (C=O) groups excluding carboxylic acids is 2. The predicted molar refractivity (Wildman–Crippen MR) is 125 cm³/mol. The Hall–Kier alpha value is -4.12. The van der Waals surface area contributed by atoms with Gasteiger partial charge in [0.1, 0.15) is 12.0 Å². The van der Waals surface area contributed by atoms with Gasteiger partial charge in [0, 0.05) is 29.8 Å². The number of rotatable bonds is 6. The quantitative estimate of drug-likeness (QED) is 0.565. The number of benzene rings is 1. The van der Waals surface area contributed by atoms with Crippen molar-refractivity contribution in [1.29, 1.82) is 0 Å². The number of aliphatic hydroxyl groups excluding tert-OH is 1. The van der Waals surface area contributed by atoms with Gasteiger partial charge in [0.05, 0.1) is 18.8 Å². The van der Waals surface area contributed by atoms with Crippen LogP contribution in [0.25, 0.3) is 5.69 Å². The molecule has 10 nitrogen and oxygen atoms in total. The van der Waals surface area contributed by atoms with Crippen molar-refractivity contribution in [3.63, 3.8) is 0 Å². The molecule has 1 aliphatic heterocycles. The number of hydrogen-bond acceptors (Lipinski definition) is 6. The summed E-state index contributed by atoms with van der Waals surface area (Å²) < 4.78 is 15.3. The Bertz CT molecular complexity index is 1390. The number of anilines is 1. The second-order valence-corrected chi connectivity index (χ2v) is 8.33. The van der Waals surface area contributed by atoms with E-state index in [-0.39, 0.29) is 37.2 Å². The molecule has 2 unspecified atom stereocenters. The third kappa shape index (κ3) is 5.04. The molecule has 0 saturated heterocycles. The lowest BCUT2D eigenvalue weighted by Gasteiger charge is -2.29. The fourth-order valence-electron chi connectivity index (χ4n) is 4.15. The van der Waals surface area contributed by atoms with E-state index in [4.69, 9.17) is 5.11 Å².